The molecule has 1 aromatic carbocycles. The van der Waals surface area contributed by atoms with Gasteiger partial charge in [0.15, 0.2) is 5.82 Å². The number of benzene rings is 1. The molecular weight excluding hydrogens is 518 g/mol. The molecule has 3 N–H and O–H groups in total. The Bertz CT molecular complexity index is 1690. The fraction of sp³-hybridized carbons (Fsp3) is 0.333. The van der Waals surface area contributed by atoms with Crippen molar-refractivity contribution in [3.63, 3.8) is 0 Å². The normalized spacial score (nSPS) is 14.0. The summed E-state index contributed by atoms with van der Waals surface area (Å²) in [4.78, 5) is 36.4. The topological polar surface area (TPSA) is 138 Å². The highest BCUT2D eigenvalue weighted by molar-refractivity contribution is 5.94. The van der Waals surface area contributed by atoms with Crippen LogP contribution in [0.1, 0.15) is 48.4 Å². The average molecular weight is 552 g/mol. The van der Waals surface area contributed by atoms with E-state index >= 15 is 0 Å². The van der Waals surface area contributed by atoms with E-state index in [2.05, 4.69) is 58.8 Å². The van der Waals surface area contributed by atoms with Gasteiger partial charge in [0, 0.05) is 49.1 Å². The van der Waals surface area contributed by atoms with E-state index in [4.69, 9.17) is 9.51 Å². The number of aromatic amines is 1. The molecule has 0 saturated carbocycles. The van der Waals surface area contributed by atoms with Crippen molar-refractivity contribution in [3.05, 3.63) is 71.8 Å². The van der Waals surface area contributed by atoms with E-state index in [1.165, 1.54) is 0 Å². The molecule has 6 rings (SSSR count). The molecule has 1 amide bonds. The number of hydrogen-bond acceptors (Lipinski definition) is 9. The molecule has 1 aliphatic rings. The molecule has 11 heteroatoms. The number of aromatic nitrogens is 6. The van der Waals surface area contributed by atoms with Gasteiger partial charge in [0.1, 0.15) is 12.0 Å². The molecule has 0 radical (unpaired) electrons. The number of anilines is 1. The first-order chi connectivity index (χ1) is 19.8. The number of rotatable bonds is 6. The van der Waals surface area contributed by atoms with Crippen LogP contribution in [0.5, 0.6) is 0 Å². The smallest absolute Gasteiger partial charge is 0.315 e. The zero-order valence-corrected chi connectivity index (χ0v) is 23.7. The summed E-state index contributed by atoms with van der Waals surface area (Å²) in [6, 6.07) is 12.3. The lowest BCUT2D eigenvalue weighted by molar-refractivity contribution is 0.0907. The SMILES string of the molecule is Cc1cc(-c2ncnc3[nH]c(-c4ccc(N5CCNCC5)cn4)cc23)ccc1CNC(=O)c1nc(C(C)(C)C)no1. The Morgan fingerprint density at radius 1 is 1.07 bits per heavy atom. The Morgan fingerprint density at radius 2 is 1.90 bits per heavy atom. The van der Waals surface area contributed by atoms with Crippen molar-refractivity contribution in [3.8, 4) is 22.6 Å². The van der Waals surface area contributed by atoms with E-state index in [0.29, 0.717) is 12.4 Å². The molecule has 0 bridgehead atoms. The molecule has 1 fully saturated rings. The van der Waals surface area contributed by atoms with Gasteiger partial charge in [0.2, 0.25) is 0 Å². The maximum absolute atomic E-state index is 12.6. The molecule has 210 valence electrons. The maximum atomic E-state index is 12.6. The lowest BCUT2D eigenvalue weighted by Gasteiger charge is -2.29. The highest BCUT2D eigenvalue weighted by Crippen LogP contribution is 2.31. The van der Waals surface area contributed by atoms with Crippen molar-refractivity contribution in [2.45, 2.75) is 39.7 Å². The summed E-state index contributed by atoms with van der Waals surface area (Å²) < 4.78 is 5.16. The molecule has 1 aliphatic heterocycles. The van der Waals surface area contributed by atoms with Gasteiger partial charge in [-0.25, -0.2) is 9.97 Å². The summed E-state index contributed by atoms with van der Waals surface area (Å²) >= 11 is 0. The zero-order chi connectivity index (χ0) is 28.6. The van der Waals surface area contributed by atoms with E-state index in [1.807, 2.05) is 52.1 Å². The van der Waals surface area contributed by atoms with E-state index in [9.17, 15) is 4.79 Å². The Labute approximate surface area is 237 Å². The molecule has 5 heterocycles. The van der Waals surface area contributed by atoms with Crippen LogP contribution in [0.2, 0.25) is 0 Å². The van der Waals surface area contributed by atoms with Crippen LogP contribution in [0.25, 0.3) is 33.7 Å². The number of fused-ring (bicyclic) bond motifs is 1. The predicted molar refractivity (Wildman–Crippen MR) is 157 cm³/mol. The quantitative estimate of drug-likeness (QED) is 0.286. The van der Waals surface area contributed by atoms with Crippen LogP contribution < -0.4 is 15.5 Å². The van der Waals surface area contributed by atoms with Gasteiger partial charge in [0.05, 0.1) is 29.0 Å². The summed E-state index contributed by atoms with van der Waals surface area (Å²) in [7, 11) is 0. The largest absolute Gasteiger partial charge is 0.368 e. The Kier molecular flexibility index (Phi) is 6.96. The second-order valence-corrected chi connectivity index (χ2v) is 11.3. The van der Waals surface area contributed by atoms with Crippen molar-refractivity contribution < 1.29 is 9.32 Å². The zero-order valence-electron chi connectivity index (χ0n) is 23.7. The van der Waals surface area contributed by atoms with Crippen molar-refractivity contribution in [1.82, 2.24) is 40.7 Å². The number of nitrogens with one attached hydrogen (secondary N) is 3. The van der Waals surface area contributed by atoms with E-state index in [1.54, 1.807) is 6.33 Å². The third-order valence-electron chi connectivity index (χ3n) is 7.28. The van der Waals surface area contributed by atoms with Gasteiger partial charge in [-0.1, -0.05) is 38.1 Å². The fourth-order valence-electron chi connectivity index (χ4n) is 4.88. The number of piperazine rings is 1. The Hall–Kier alpha value is -4.64. The molecule has 5 aromatic rings. The van der Waals surface area contributed by atoms with Gasteiger partial charge < -0.3 is 25.0 Å². The highest BCUT2D eigenvalue weighted by atomic mass is 16.5. The number of aryl methyl sites for hydroxylation is 1. The van der Waals surface area contributed by atoms with Crippen LogP contribution in [0.3, 0.4) is 0 Å². The summed E-state index contributed by atoms with van der Waals surface area (Å²) in [6.45, 7) is 12.2. The van der Waals surface area contributed by atoms with Gasteiger partial charge in [-0.05, 0) is 42.3 Å². The average Bonchev–Trinajstić information content (AvgIpc) is 3.65. The third kappa shape index (κ3) is 5.53. The second-order valence-electron chi connectivity index (χ2n) is 11.3. The molecule has 0 unspecified atom stereocenters. The lowest BCUT2D eigenvalue weighted by atomic mass is 9.96. The molecule has 0 aliphatic carbocycles. The predicted octanol–water partition coefficient (Wildman–Crippen LogP) is 4.02. The monoisotopic (exact) mass is 551 g/mol. The number of amides is 1. The van der Waals surface area contributed by atoms with Crippen molar-refractivity contribution >= 4 is 22.6 Å². The molecule has 41 heavy (non-hydrogen) atoms. The van der Waals surface area contributed by atoms with E-state index in [0.717, 1.165) is 76.7 Å². The standard InChI is InChI=1S/C30H33N9O2/c1-18-13-19(5-6-20(18)15-33-27(40)28-37-29(38-41-28)30(2,3)4)25-22-14-24(36-26(22)35-17-34-25)23-8-7-21(16-32-23)39-11-9-31-10-12-39/h5-8,13-14,16-17,31H,9-12,15H2,1-4H3,(H,33,40)(H,34,35,36). The van der Waals surface area contributed by atoms with Crippen molar-refractivity contribution in [1.29, 1.82) is 0 Å². The number of H-pyrrole nitrogens is 1. The van der Waals surface area contributed by atoms with Gasteiger partial charge in [-0.3, -0.25) is 9.78 Å². The number of carbonyl (C=O) groups excluding carboxylic acids is 1. The molecular formula is C30H33N9O2. The van der Waals surface area contributed by atoms with Gasteiger partial charge >= 0.3 is 11.8 Å². The second kappa shape index (κ2) is 10.7. The third-order valence-corrected chi connectivity index (χ3v) is 7.28. The first-order valence-corrected chi connectivity index (χ1v) is 13.7. The minimum atomic E-state index is -0.400. The first kappa shape index (κ1) is 26.6. The minimum Gasteiger partial charge on any atom is -0.368 e. The minimum absolute atomic E-state index is 0.0382. The van der Waals surface area contributed by atoms with Crippen molar-refractivity contribution in [2.24, 2.45) is 0 Å². The lowest BCUT2D eigenvalue weighted by Crippen LogP contribution is -2.43. The van der Waals surface area contributed by atoms with E-state index < -0.39 is 5.91 Å². The van der Waals surface area contributed by atoms with Crippen LogP contribution in [0, 0.1) is 6.92 Å². The molecule has 1 saturated heterocycles. The molecule has 0 atom stereocenters. The molecule has 11 nitrogen and oxygen atoms in total. The number of nitrogens with zero attached hydrogens (tertiary/aromatic N) is 6. The number of pyridine rings is 1. The Balaban J connectivity index is 1.19. The molecule has 0 spiro atoms. The summed E-state index contributed by atoms with van der Waals surface area (Å²) in [5, 5.41) is 11.1. The number of hydrogen-bond donors (Lipinski definition) is 3. The summed E-state index contributed by atoms with van der Waals surface area (Å²) in [5.74, 6) is 0.0578. The van der Waals surface area contributed by atoms with Crippen molar-refractivity contribution in [2.75, 3.05) is 31.1 Å². The van der Waals surface area contributed by atoms with Crippen LogP contribution in [-0.2, 0) is 12.0 Å². The number of carbonyl (C=O) groups is 1. The Morgan fingerprint density at radius 3 is 2.61 bits per heavy atom. The van der Waals surface area contributed by atoms with Crippen LogP contribution in [-0.4, -0.2) is 62.2 Å². The van der Waals surface area contributed by atoms with Crippen LogP contribution >= 0.6 is 0 Å². The highest BCUT2D eigenvalue weighted by Gasteiger charge is 2.24. The summed E-state index contributed by atoms with van der Waals surface area (Å²) in [5.41, 5.74) is 7.12. The maximum Gasteiger partial charge on any atom is 0.315 e. The van der Waals surface area contributed by atoms with Crippen LogP contribution in [0.15, 0.2) is 53.4 Å². The van der Waals surface area contributed by atoms with Gasteiger partial charge in [-0.15, -0.1) is 0 Å². The van der Waals surface area contributed by atoms with E-state index in [-0.39, 0.29) is 11.3 Å². The first-order valence-electron chi connectivity index (χ1n) is 13.7. The van der Waals surface area contributed by atoms with Gasteiger partial charge in [0.25, 0.3) is 0 Å². The fourth-order valence-corrected chi connectivity index (χ4v) is 4.88. The summed E-state index contributed by atoms with van der Waals surface area (Å²) in [6.07, 6.45) is 3.50. The van der Waals surface area contributed by atoms with Crippen LogP contribution in [0.4, 0.5) is 5.69 Å². The molecule has 4 aromatic heterocycles. The van der Waals surface area contributed by atoms with Gasteiger partial charge in [-0.2, -0.15) is 4.98 Å².